The molecule has 1 aromatic carbocycles. The fraction of sp³-hybridized carbons (Fsp3) is 0.778. The normalized spacial score (nSPS) is 15.8. The number of rotatable bonds is 13. The summed E-state index contributed by atoms with van der Waals surface area (Å²) < 4.78 is 0.702. The lowest BCUT2D eigenvalue weighted by Gasteiger charge is -2.22. The van der Waals surface area contributed by atoms with Crippen LogP contribution in [0.25, 0.3) is 0 Å². The fourth-order valence-electron chi connectivity index (χ4n) is 4.30. The van der Waals surface area contributed by atoms with Crippen LogP contribution in [0.3, 0.4) is 0 Å². The van der Waals surface area contributed by atoms with Crippen LogP contribution in [0, 0.1) is 26.2 Å². The zero-order valence-electron chi connectivity index (χ0n) is 19.6. The lowest BCUT2D eigenvalue weighted by molar-refractivity contribution is 0.308. The van der Waals surface area contributed by atoms with Crippen molar-refractivity contribution in [2.75, 3.05) is 0 Å². The molecular formula is C27H45I. The molecule has 1 aliphatic carbocycles. The SMILES string of the molecule is CCC(C)(C)CCCCCc1cc(CCCCCC2(I)CC2)c(C)c(C)c1C. The maximum atomic E-state index is 2.69. The average Bonchev–Trinajstić information content (AvgIpc) is 3.39. The van der Waals surface area contributed by atoms with E-state index in [1.54, 1.807) is 27.8 Å². The zero-order valence-corrected chi connectivity index (χ0v) is 21.8. The van der Waals surface area contributed by atoms with Crippen LogP contribution in [0.1, 0.15) is 119 Å². The second-order valence-electron chi connectivity index (χ2n) is 10.4. The van der Waals surface area contributed by atoms with E-state index in [1.165, 1.54) is 83.5 Å². The zero-order chi connectivity index (χ0) is 20.8. The van der Waals surface area contributed by atoms with Gasteiger partial charge in [0.15, 0.2) is 0 Å². The van der Waals surface area contributed by atoms with Crippen LogP contribution in [0.15, 0.2) is 6.07 Å². The van der Waals surface area contributed by atoms with Crippen LogP contribution in [0.5, 0.6) is 0 Å². The minimum absolute atomic E-state index is 0.528. The predicted octanol–water partition coefficient (Wildman–Crippen LogP) is 9.22. The number of alkyl halides is 1. The lowest BCUT2D eigenvalue weighted by Crippen LogP contribution is -2.09. The van der Waals surface area contributed by atoms with Gasteiger partial charge < -0.3 is 0 Å². The lowest BCUT2D eigenvalue weighted by atomic mass is 9.84. The van der Waals surface area contributed by atoms with Crippen LogP contribution >= 0.6 is 22.6 Å². The summed E-state index contributed by atoms with van der Waals surface area (Å²) in [5.74, 6) is 0. The van der Waals surface area contributed by atoms with Crippen LogP contribution in [0.2, 0.25) is 0 Å². The fourth-order valence-corrected chi connectivity index (χ4v) is 4.95. The molecule has 0 amide bonds. The predicted molar refractivity (Wildman–Crippen MR) is 135 cm³/mol. The van der Waals surface area contributed by atoms with Gasteiger partial charge in [-0.15, -0.1) is 0 Å². The Kier molecular flexibility index (Phi) is 9.36. The monoisotopic (exact) mass is 496 g/mol. The maximum absolute atomic E-state index is 2.69. The van der Waals surface area contributed by atoms with Crippen molar-refractivity contribution < 1.29 is 0 Å². The van der Waals surface area contributed by atoms with Gasteiger partial charge in [0, 0.05) is 3.42 Å². The highest BCUT2D eigenvalue weighted by Crippen LogP contribution is 2.49. The quantitative estimate of drug-likeness (QED) is 0.145. The molecule has 0 spiro atoms. The smallest absolute Gasteiger partial charge is 0.0223 e. The molecule has 1 saturated carbocycles. The molecular weight excluding hydrogens is 451 g/mol. The third-order valence-corrected chi connectivity index (χ3v) is 9.18. The number of hydrogen-bond donors (Lipinski definition) is 0. The van der Waals surface area contributed by atoms with Gasteiger partial charge in [-0.2, -0.15) is 0 Å². The highest BCUT2D eigenvalue weighted by atomic mass is 127. The summed E-state index contributed by atoms with van der Waals surface area (Å²) in [6.45, 7) is 14.2. The molecule has 28 heavy (non-hydrogen) atoms. The van der Waals surface area contributed by atoms with Gasteiger partial charge in [0.2, 0.25) is 0 Å². The Morgan fingerprint density at radius 3 is 1.86 bits per heavy atom. The van der Waals surface area contributed by atoms with Crippen molar-refractivity contribution in [2.24, 2.45) is 5.41 Å². The summed E-state index contributed by atoms with van der Waals surface area (Å²) in [5.41, 5.74) is 8.43. The van der Waals surface area contributed by atoms with E-state index in [9.17, 15) is 0 Å². The first kappa shape index (κ1) is 24.2. The molecule has 0 atom stereocenters. The van der Waals surface area contributed by atoms with Crippen molar-refractivity contribution in [1.29, 1.82) is 0 Å². The second kappa shape index (κ2) is 10.8. The Morgan fingerprint density at radius 2 is 1.36 bits per heavy atom. The third kappa shape index (κ3) is 7.65. The Balaban J connectivity index is 1.81. The van der Waals surface area contributed by atoms with E-state index in [2.05, 4.69) is 70.2 Å². The molecule has 0 nitrogen and oxygen atoms in total. The van der Waals surface area contributed by atoms with E-state index in [0.717, 1.165) is 0 Å². The second-order valence-corrected chi connectivity index (χ2v) is 12.6. The first-order chi connectivity index (χ1) is 13.2. The molecule has 0 heterocycles. The largest absolute Gasteiger partial charge is 0.0789 e. The summed E-state index contributed by atoms with van der Waals surface area (Å²) in [5, 5.41) is 0. The van der Waals surface area contributed by atoms with Crippen LogP contribution in [-0.2, 0) is 12.8 Å². The minimum atomic E-state index is 0.528. The van der Waals surface area contributed by atoms with Gasteiger partial charge in [0.05, 0.1) is 0 Å². The van der Waals surface area contributed by atoms with Gasteiger partial charge in [0.1, 0.15) is 0 Å². The summed E-state index contributed by atoms with van der Waals surface area (Å²) >= 11 is 2.69. The minimum Gasteiger partial charge on any atom is -0.0789 e. The molecule has 1 fully saturated rings. The number of unbranched alkanes of at least 4 members (excludes halogenated alkanes) is 4. The highest BCUT2D eigenvalue weighted by Gasteiger charge is 2.38. The summed E-state index contributed by atoms with van der Waals surface area (Å²) in [7, 11) is 0. The van der Waals surface area contributed by atoms with E-state index in [0.29, 0.717) is 8.84 Å². The van der Waals surface area contributed by atoms with Crippen molar-refractivity contribution >= 4 is 22.6 Å². The molecule has 0 radical (unpaired) electrons. The average molecular weight is 497 g/mol. The van der Waals surface area contributed by atoms with Gasteiger partial charge in [-0.05, 0) is 105 Å². The molecule has 0 bridgehead atoms. The molecule has 0 N–H and O–H groups in total. The van der Waals surface area contributed by atoms with E-state index >= 15 is 0 Å². The molecule has 1 aliphatic rings. The topological polar surface area (TPSA) is 0 Å². The molecule has 0 aliphatic heterocycles. The summed E-state index contributed by atoms with van der Waals surface area (Å²) in [6.07, 6.45) is 17.9. The summed E-state index contributed by atoms with van der Waals surface area (Å²) in [4.78, 5) is 0. The molecule has 2 rings (SSSR count). The van der Waals surface area contributed by atoms with Gasteiger partial charge in [0.25, 0.3) is 0 Å². The van der Waals surface area contributed by atoms with E-state index in [-0.39, 0.29) is 0 Å². The van der Waals surface area contributed by atoms with Gasteiger partial charge in [-0.1, -0.05) is 81.5 Å². The summed E-state index contributed by atoms with van der Waals surface area (Å²) in [6, 6.07) is 2.56. The van der Waals surface area contributed by atoms with Crippen molar-refractivity contribution in [2.45, 2.75) is 128 Å². The Morgan fingerprint density at radius 1 is 0.821 bits per heavy atom. The van der Waals surface area contributed by atoms with E-state index in [1.807, 2.05) is 0 Å². The molecule has 1 heteroatoms. The van der Waals surface area contributed by atoms with Gasteiger partial charge >= 0.3 is 0 Å². The van der Waals surface area contributed by atoms with Gasteiger partial charge in [-0.25, -0.2) is 0 Å². The van der Waals surface area contributed by atoms with Crippen molar-refractivity contribution in [3.63, 3.8) is 0 Å². The molecule has 0 aromatic heterocycles. The van der Waals surface area contributed by atoms with Gasteiger partial charge in [-0.3, -0.25) is 0 Å². The van der Waals surface area contributed by atoms with Crippen LogP contribution in [0.4, 0.5) is 0 Å². The number of hydrogen-bond acceptors (Lipinski definition) is 0. The number of aryl methyl sites for hydroxylation is 2. The van der Waals surface area contributed by atoms with Crippen LogP contribution < -0.4 is 0 Å². The highest BCUT2D eigenvalue weighted by molar-refractivity contribution is 14.1. The molecule has 0 saturated heterocycles. The Labute approximate surface area is 189 Å². The van der Waals surface area contributed by atoms with E-state index in [4.69, 9.17) is 0 Å². The van der Waals surface area contributed by atoms with Crippen molar-refractivity contribution in [3.8, 4) is 0 Å². The first-order valence-electron chi connectivity index (χ1n) is 11.9. The standard InChI is InChI=1S/C27H45I/c1-7-26(5,6)16-12-8-10-14-24-20-25(23(4)21(2)22(24)3)15-11-9-13-17-27(28)18-19-27/h20H,7-19H2,1-6H3. The third-order valence-electron chi connectivity index (χ3n) is 7.56. The first-order valence-corrected chi connectivity index (χ1v) is 13.0. The molecule has 160 valence electrons. The number of halogens is 1. The molecule has 1 aromatic rings. The molecule has 0 unspecified atom stereocenters. The number of benzene rings is 1. The van der Waals surface area contributed by atoms with Crippen LogP contribution in [-0.4, -0.2) is 3.42 Å². The van der Waals surface area contributed by atoms with Crippen molar-refractivity contribution in [1.82, 2.24) is 0 Å². The Bertz CT molecular complexity index is 622. The van der Waals surface area contributed by atoms with E-state index < -0.39 is 0 Å². The van der Waals surface area contributed by atoms with Crippen molar-refractivity contribution in [3.05, 3.63) is 33.9 Å². The Hall–Kier alpha value is -0.0500. The maximum Gasteiger partial charge on any atom is 0.0223 e.